The molecular formula is C21H17ClFN3O4S. The molecular weight excluding hydrogens is 445 g/mol. The fourth-order valence-electron chi connectivity index (χ4n) is 2.67. The normalized spacial score (nSPS) is 11.1. The van der Waals surface area contributed by atoms with Crippen molar-refractivity contribution >= 4 is 44.8 Å². The van der Waals surface area contributed by atoms with E-state index < -0.39 is 27.7 Å². The van der Waals surface area contributed by atoms with E-state index in [9.17, 15) is 22.4 Å². The second-order valence-electron chi connectivity index (χ2n) is 6.35. The third kappa shape index (κ3) is 5.46. The van der Waals surface area contributed by atoms with E-state index in [-0.39, 0.29) is 32.4 Å². The molecule has 160 valence electrons. The highest BCUT2D eigenvalue weighted by Gasteiger charge is 2.18. The summed E-state index contributed by atoms with van der Waals surface area (Å²) in [6, 6.07) is 15.3. The van der Waals surface area contributed by atoms with Crippen LogP contribution >= 0.6 is 11.6 Å². The fraction of sp³-hybridized carbons (Fsp3) is 0.0476. The van der Waals surface area contributed by atoms with Crippen LogP contribution in [0.5, 0.6) is 0 Å². The van der Waals surface area contributed by atoms with Crippen molar-refractivity contribution in [2.45, 2.75) is 4.90 Å². The van der Waals surface area contributed by atoms with Crippen LogP contribution in [0.1, 0.15) is 20.7 Å². The quantitative estimate of drug-likeness (QED) is 0.518. The lowest BCUT2D eigenvalue weighted by Gasteiger charge is -2.11. The Kier molecular flexibility index (Phi) is 6.69. The Labute approximate surface area is 183 Å². The number of carbonyl (C=O) groups excluding carboxylic acids is 2. The van der Waals surface area contributed by atoms with Gasteiger partial charge in [-0.25, -0.2) is 17.5 Å². The third-order valence-electron chi connectivity index (χ3n) is 4.23. The molecule has 3 rings (SSSR count). The summed E-state index contributed by atoms with van der Waals surface area (Å²) in [6.45, 7) is 0. The molecule has 0 radical (unpaired) electrons. The molecule has 7 nitrogen and oxygen atoms in total. The lowest BCUT2D eigenvalue weighted by atomic mass is 10.1. The molecule has 0 spiro atoms. The van der Waals surface area contributed by atoms with E-state index in [1.54, 1.807) is 18.2 Å². The zero-order valence-electron chi connectivity index (χ0n) is 16.1. The Morgan fingerprint density at radius 3 is 2.19 bits per heavy atom. The monoisotopic (exact) mass is 461 g/mol. The molecule has 31 heavy (non-hydrogen) atoms. The van der Waals surface area contributed by atoms with Crippen LogP contribution in [0.15, 0.2) is 71.6 Å². The fourth-order valence-corrected chi connectivity index (χ4v) is 3.63. The summed E-state index contributed by atoms with van der Waals surface area (Å²) in [5, 5.41) is 5.21. The summed E-state index contributed by atoms with van der Waals surface area (Å²) < 4.78 is 39.4. The van der Waals surface area contributed by atoms with Gasteiger partial charge in [0.2, 0.25) is 10.0 Å². The highest BCUT2D eigenvalue weighted by atomic mass is 35.5. The maximum Gasteiger partial charge on any atom is 0.257 e. The zero-order valence-corrected chi connectivity index (χ0v) is 17.7. The van der Waals surface area contributed by atoms with Gasteiger partial charge in [0.05, 0.1) is 15.5 Å². The number of carbonyl (C=O) groups is 2. The van der Waals surface area contributed by atoms with Crippen molar-refractivity contribution in [2.75, 3.05) is 17.7 Å². The van der Waals surface area contributed by atoms with Crippen molar-refractivity contribution < 1.29 is 22.4 Å². The van der Waals surface area contributed by atoms with E-state index in [0.717, 1.165) is 6.07 Å². The van der Waals surface area contributed by atoms with Crippen LogP contribution in [0.25, 0.3) is 0 Å². The van der Waals surface area contributed by atoms with Gasteiger partial charge in [-0.3, -0.25) is 9.59 Å². The lowest BCUT2D eigenvalue weighted by molar-refractivity contribution is 0.101. The average Bonchev–Trinajstić information content (AvgIpc) is 2.74. The molecule has 3 aromatic carbocycles. The van der Waals surface area contributed by atoms with Crippen molar-refractivity contribution in [1.82, 2.24) is 4.72 Å². The standard InChI is InChI=1S/C21H17ClFN3O4S/c1-24-31(29,30)17-8-9-19(22)18(12-17)21(28)26-15-6-2-4-13(10-15)20(27)25-16-7-3-5-14(23)11-16/h2-12,24H,1H3,(H,25,27)(H,26,28). The van der Waals surface area contributed by atoms with Gasteiger partial charge in [0.1, 0.15) is 5.82 Å². The molecule has 0 aromatic heterocycles. The molecule has 0 unspecified atom stereocenters. The maximum atomic E-state index is 13.3. The highest BCUT2D eigenvalue weighted by Crippen LogP contribution is 2.22. The van der Waals surface area contributed by atoms with Gasteiger partial charge in [-0.2, -0.15) is 0 Å². The Hall–Kier alpha value is -3.27. The number of amides is 2. The summed E-state index contributed by atoms with van der Waals surface area (Å²) in [4.78, 5) is 25.0. The largest absolute Gasteiger partial charge is 0.322 e. The summed E-state index contributed by atoms with van der Waals surface area (Å²) in [7, 11) is -2.51. The molecule has 10 heteroatoms. The second kappa shape index (κ2) is 9.25. The van der Waals surface area contributed by atoms with Gasteiger partial charge < -0.3 is 10.6 Å². The predicted molar refractivity (Wildman–Crippen MR) is 116 cm³/mol. The first-order valence-corrected chi connectivity index (χ1v) is 10.8. The van der Waals surface area contributed by atoms with Gasteiger partial charge in [0.15, 0.2) is 0 Å². The number of hydrogen-bond acceptors (Lipinski definition) is 4. The van der Waals surface area contributed by atoms with Crippen LogP contribution in [-0.4, -0.2) is 27.3 Å². The van der Waals surface area contributed by atoms with Crippen molar-refractivity contribution in [3.63, 3.8) is 0 Å². The molecule has 0 saturated heterocycles. The molecule has 0 aliphatic carbocycles. The Balaban J connectivity index is 1.80. The number of halogens is 2. The van der Waals surface area contributed by atoms with E-state index in [2.05, 4.69) is 15.4 Å². The van der Waals surface area contributed by atoms with Crippen molar-refractivity contribution in [2.24, 2.45) is 0 Å². The zero-order chi connectivity index (χ0) is 22.6. The van der Waals surface area contributed by atoms with Gasteiger partial charge in [0, 0.05) is 16.9 Å². The van der Waals surface area contributed by atoms with E-state index in [0.29, 0.717) is 0 Å². The first kappa shape index (κ1) is 22.4. The second-order valence-corrected chi connectivity index (χ2v) is 8.64. The number of sulfonamides is 1. The molecule has 0 bridgehead atoms. The minimum Gasteiger partial charge on any atom is -0.322 e. The number of anilines is 2. The van der Waals surface area contributed by atoms with Crippen LogP contribution in [-0.2, 0) is 10.0 Å². The number of benzene rings is 3. The summed E-state index contributed by atoms with van der Waals surface area (Å²) in [5.41, 5.74) is 0.746. The van der Waals surface area contributed by atoms with E-state index in [1.807, 2.05) is 0 Å². The van der Waals surface area contributed by atoms with Crippen molar-refractivity contribution in [1.29, 1.82) is 0 Å². The van der Waals surface area contributed by atoms with Crippen molar-refractivity contribution in [3.05, 3.63) is 88.7 Å². The summed E-state index contributed by atoms with van der Waals surface area (Å²) in [6.07, 6.45) is 0. The van der Waals surface area contributed by atoms with Gasteiger partial charge in [0.25, 0.3) is 11.8 Å². The Bertz CT molecular complexity index is 1260. The van der Waals surface area contributed by atoms with Crippen LogP contribution < -0.4 is 15.4 Å². The van der Waals surface area contributed by atoms with Gasteiger partial charge in [-0.1, -0.05) is 23.7 Å². The van der Waals surface area contributed by atoms with Crippen LogP contribution in [0.2, 0.25) is 5.02 Å². The summed E-state index contributed by atoms with van der Waals surface area (Å²) >= 11 is 6.06. The first-order chi connectivity index (χ1) is 14.7. The average molecular weight is 462 g/mol. The lowest BCUT2D eigenvalue weighted by Crippen LogP contribution is -2.20. The predicted octanol–water partition coefficient (Wildman–Crippen LogP) is 3.89. The van der Waals surface area contributed by atoms with Gasteiger partial charge in [-0.05, 0) is 61.6 Å². The number of hydrogen-bond donors (Lipinski definition) is 3. The minimum atomic E-state index is -3.76. The molecule has 2 amide bonds. The third-order valence-corrected chi connectivity index (χ3v) is 5.97. The van der Waals surface area contributed by atoms with Crippen molar-refractivity contribution in [3.8, 4) is 0 Å². The van der Waals surface area contributed by atoms with Gasteiger partial charge >= 0.3 is 0 Å². The molecule has 3 N–H and O–H groups in total. The number of rotatable bonds is 6. The van der Waals surface area contributed by atoms with Crippen LogP contribution in [0.3, 0.4) is 0 Å². The smallest absolute Gasteiger partial charge is 0.257 e. The van der Waals surface area contributed by atoms with Crippen LogP contribution in [0.4, 0.5) is 15.8 Å². The maximum absolute atomic E-state index is 13.3. The SMILES string of the molecule is CNS(=O)(=O)c1ccc(Cl)c(C(=O)Nc2cccc(C(=O)Nc3cccc(F)c3)c2)c1. The Morgan fingerprint density at radius 2 is 1.52 bits per heavy atom. The molecule has 0 aliphatic heterocycles. The molecule has 0 atom stereocenters. The number of nitrogens with one attached hydrogen (secondary N) is 3. The Morgan fingerprint density at radius 1 is 0.871 bits per heavy atom. The van der Waals surface area contributed by atoms with E-state index >= 15 is 0 Å². The molecule has 0 heterocycles. The highest BCUT2D eigenvalue weighted by molar-refractivity contribution is 7.89. The molecule has 3 aromatic rings. The van der Waals surface area contributed by atoms with Gasteiger partial charge in [-0.15, -0.1) is 0 Å². The van der Waals surface area contributed by atoms with E-state index in [1.165, 1.54) is 49.5 Å². The van der Waals surface area contributed by atoms with E-state index in [4.69, 9.17) is 11.6 Å². The molecule has 0 aliphatic rings. The first-order valence-electron chi connectivity index (χ1n) is 8.91. The summed E-state index contributed by atoms with van der Waals surface area (Å²) in [5.74, 6) is -1.64. The minimum absolute atomic E-state index is 0.0485. The molecule has 0 fully saturated rings. The topological polar surface area (TPSA) is 104 Å². The van der Waals surface area contributed by atoms with Crippen LogP contribution in [0, 0.1) is 5.82 Å². The molecule has 0 saturated carbocycles.